The number of nitrogens with zero attached hydrogens (tertiary/aromatic N) is 1. The first-order valence-corrected chi connectivity index (χ1v) is 4.56. The van der Waals surface area contributed by atoms with Crippen molar-refractivity contribution in [1.29, 1.82) is 0 Å². The zero-order valence-corrected chi connectivity index (χ0v) is 8.23. The molecule has 1 aromatic rings. The van der Waals surface area contributed by atoms with Gasteiger partial charge in [0.25, 0.3) is 11.8 Å². The molecule has 76 valence electrons. The van der Waals surface area contributed by atoms with Gasteiger partial charge in [-0.2, -0.15) is 0 Å². The van der Waals surface area contributed by atoms with E-state index in [2.05, 4.69) is 5.32 Å². The molecular weight excluding hydrogens is 192 g/mol. The Hall–Kier alpha value is -2.10. The zero-order valence-electron chi connectivity index (χ0n) is 8.23. The summed E-state index contributed by atoms with van der Waals surface area (Å²) in [5, 5.41) is 2.96. The summed E-state index contributed by atoms with van der Waals surface area (Å²) < 4.78 is 0. The van der Waals surface area contributed by atoms with Crippen LogP contribution in [0.15, 0.2) is 36.4 Å². The quantitative estimate of drug-likeness (QED) is 0.732. The molecule has 0 fully saturated rings. The Kier molecular flexibility index (Phi) is 2.25. The van der Waals surface area contributed by atoms with Crippen molar-refractivity contribution in [2.75, 3.05) is 17.3 Å². The second kappa shape index (κ2) is 3.57. The van der Waals surface area contributed by atoms with Crippen molar-refractivity contribution in [3.63, 3.8) is 0 Å². The second-order valence-corrected chi connectivity index (χ2v) is 3.14. The Morgan fingerprint density at radius 2 is 1.53 bits per heavy atom. The molecule has 0 radical (unpaired) electrons. The number of anilines is 2. The van der Waals surface area contributed by atoms with Crippen LogP contribution in [0.1, 0.15) is 0 Å². The van der Waals surface area contributed by atoms with Gasteiger partial charge in [-0.05, 0) is 24.3 Å². The maximum Gasteiger partial charge on any atom is 0.258 e. The Balaban J connectivity index is 2.30. The highest BCUT2D eigenvalue weighted by Gasteiger charge is 2.24. The van der Waals surface area contributed by atoms with E-state index in [0.717, 1.165) is 10.6 Å². The fourth-order valence-corrected chi connectivity index (χ4v) is 1.43. The summed E-state index contributed by atoms with van der Waals surface area (Å²) in [5.41, 5.74) is 1.53. The fourth-order valence-electron chi connectivity index (χ4n) is 1.43. The number of nitrogens with one attached hydrogen (secondary N) is 1. The Labute approximate surface area is 87.2 Å². The van der Waals surface area contributed by atoms with E-state index in [1.165, 1.54) is 12.2 Å². The summed E-state index contributed by atoms with van der Waals surface area (Å²) in [5.74, 6) is -0.589. The summed E-state index contributed by atoms with van der Waals surface area (Å²) in [6, 6.07) is 7.09. The average Bonchev–Trinajstić information content (AvgIpc) is 2.59. The van der Waals surface area contributed by atoms with E-state index in [4.69, 9.17) is 0 Å². The van der Waals surface area contributed by atoms with Crippen molar-refractivity contribution in [3.05, 3.63) is 36.4 Å². The summed E-state index contributed by atoms with van der Waals surface area (Å²) in [6.07, 6.45) is 2.54. The lowest BCUT2D eigenvalue weighted by molar-refractivity contribution is -0.119. The summed E-state index contributed by atoms with van der Waals surface area (Å²) in [4.78, 5) is 23.8. The van der Waals surface area contributed by atoms with Gasteiger partial charge >= 0.3 is 0 Å². The average molecular weight is 202 g/mol. The minimum atomic E-state index is -0.294. The number of carbonyl (C=O) groups is 2. The number of rotatable bonds is 2. The molecule has 1 aromatic carbocycles. The van der Waals surface area contributed by atoms with Crippen LogP contribution >= 0.6 is 0 Å². The number of hydrogen-bond donors (Lipinski definition) is 1. The van der Waals surface area contributed by atoms with Gasteiger partial charge in [0.15, 0.2) is 0 Å². The molecule has 4 nitrogen and oxygen atoms in total. The molecule has 1 heterocycles. The summed E-state index contributed by atoms with van der Waals surface area (Å²) in [7, 11) is 1.81. The van der Waals surface area contributed by atoms with Gasteiger partial charge in [0.1, 0.15) is 0 Å². The third-order valence-corrected chi connectivity index (χ3v) is 2.22. The molecule has 0 spiro atoms. The first-order valence-electron chi connectivity index (χ1n) is 4.56. The molecule has 2 rings (SSSR count). The predicted octanol–water partition coefficient (Wildman–Crippen LogP) is 1.16. The van der Waals surface area contributed by atoms with Gasteiger partial charge in [0.2, 0.25) is 0 Å². The molecule has 2 amide bonds. The molecule has 0 saturated heterocycles. The maximum absolute atomic E-state index is 11.3. The largest absolute Gasteiger partial charge is 0.388 e. The highest BCUT2D eigenvalue weighted by molar-refractivity contribution is 6.28. The van der Waals surface area contributed by atoms with Crippen molar-refractivity contribution >= 4 is 23.2 Å². The SMILES string of the molecule is CNc1ccc(N2C(=O)C=CC2=O)cc1. The monoisotopic (exact) mass is 202 g/mol. The van der Waals surface area contributed by atoms with Crippen LogP contribution in [0.3, 0.4) is 0 Å². The molecule has 0 aromatic heterocycles. The van der Waals surface area contributed by atoms with E-state index in [1.54, 1.807) is 12.1 Å². The number of amides is 2. The van der Waals surface area contributed by atoms with Gasteiger partial charge < -0.3 is 5.32 Å². The van der Waals surface area contributed by atoms with Gasteiger partial charge in [-0.1, -0.05) is 0 Å². The van der Waals surface area contributed by atoms with Crippen LogP contribution in [-0.4, -0.2) is 18.9 Å². The molecule has 1 aliphatic heterocycles. The van der Waals surface area contributed by atoms with Crippen LogP contribution in [0.4, 0.5) is 11.4 Å². The van der Waals surface area contributed by atoms with Crippen LogP contribution in [0.5, 0.6) is 0 Å². The van der Waals surface area contributed by atoms with E-state index in [1.807, 2.05) is 19.2 Å². The van der Waals surface area contributed by atoms with Crippen molar-refractivity contribution in [3.8, 4) is 0 Å². The summed E-state index contributed by atoms with van der Waals surface area (Å²) >= 11 is 0. The van der Waals surface area contributed by atoms with Crippen LogP contribution < -0.4 is 10.2 Å². The zero-order chi connectivity index (χ0) is 10.8. The van der Waals surface area contributed by atoms with Crippen molar-refractivity contribution in [2.45, 2.75) is 0 Å². The second-order valence-electron chi connectivity index (χ2n) is 3.14. The van der Waals surface area contributed by atoms with Crippen LogP contribution in [0.25, 0.3) is 0 Å². The Morgan fingerprint density at radius 1 is 1.00 bits per heavy atom. The van der Waals surface area contributed by atoms with Crippen LogP contribution in [-0.2, 0) is 9.59 Å². The molecule has 0 saturated carbocycles. The van der Waals surface area contributed by atoms with Gasteiger partial charge in [-0.3, -0.25) is 9.59 Å². The lowest BCUT2D eigenvalue weighted by Gasteiger charge is -2.13. The summed E-state index contributed by atoms with van der Waals surface area (Å²) in [6.45, 7) is 0. The number of benzene rings is 1. The van der Waals surface area contributed by atoms with Gasteiger partial charge in [0.05, 0.1) is 5.69 Å². The molecule has 4 heteroatoms. The van der Waals surface area contributed by atoms with Crippen molar-refractivity contribution < 1.29 is 9.59 Å². The van der Waals surface area contributed by atoms with E-state index < -0.39 is 0 Å². The van der Waals surface area contributed by atoms with Gasteiger partial charge in [-0.25, -0.2) is 4.90 Å². The molecular formula is C11H10N2O2. The van der Waals surface area contributed by atoms with Crippen LogP contribution in [0, 0.1) is 0 Å². The molecule has 0 bridgehead atoms. The molecule has 0 unspecified atom stereocenters. The topological polar surface area (TPSA) is 49.4 Å². The van der Waals surface area contributed by atoms with Gasteiger partial charge in [-0.15, -0.1) is 0 Å². The van der Waals surface area contributed by atoms with Crippen molar-refractivity contribution in [1.82, 2.24) is 0 Å². The van der Waals surface area contributed by atoms with E-state index in [-0.39, 0.29) is 11.8 Å². The van der Waals surface area contributed by atoms with Crippen LogP contribution in [0.2, 0.25) is 0 Å². The molecule has 1 N–H and O–H groups in total. The third-order valence-electron chi connectivity index (χ3n) is 2.22. The molecule has 1 aliphatic rings. The highest BCUT2D eigenvalue weighted by Crippen LogP contribution is 2.20. The third kappa shape index (κ3) is 1.61. The predicted molar refractivity (Wildman–Crippen MR) is 57.6 cm³/mol. The van der Waals surface area contributed by atoms with E-state index >= 15 is 0 Å². The standard InChI is InChI=1S/C11H10N2O2/c1-12-8-2-4-9(5-3-8)13-10(14)6-7-11(13)15/h2-7,12H,1H3. The Bertz CT molecular complexity index is 416. The minimum absolute atomic E-state index is 0.294. The minimum Gasteiger partial charge on any atom is -0.388 e. The molecule has 15 heavy (non-hydrogen) atoms. The maximum atomic E-state index is 11.3. The van der Waals surface area contributed by atoms with Gasteiger partial charge in [0, 0.05) is 24.9 Å². The molecule has 0 aliphatic carbocycles. The first kappa shape index (κ1) is 9.45. The lowest BCUT2D eigenvalue weighted by Crippen LogP contribution is -2.29. The first-order chi connectivity index (χ1) is 7.22. The number of hydrogen-bond acceptors (Lipinski definition) is 3. The highest BCUT2D eigenvalue weighted by atomic mass is 16.2. The fraction of sp³-hybridized carbons (Fsp3) is 0.0909. The van der Waals surface area contributed by atoms with E-state index in [9.17, 15) is 9.59 Å². The number of imide groups is 1. The van der Waals surface area contributed by atoms with E-state index in [0.29, 0.717) is 5.69 Å². The Morgan fingerprint density at radius 3 is 2.00 bits per heavy atom. The number of carbonyl (C=O) groups excluding carboxylic acids is 2. The normalized spacial score (nSPS) is 14.9. The van der Waals surface area contributed by atoms with Crippen molar-refractivity contribution in [2.24, 2.45) is 0 Å². The smallest absolute Gasteiger partial charge is 0.258 e. The lowest BCUT2D eigenvalue weighted by atomic mass is 10.2. The molecule has 0 atom stereocenters.